The molecule has 138 valence electrons. The Balaban J connectivity index is 2.28. The van der Waals surface area contributed by atoms with Gasteiger partial charge in [0.15, 0.2) is 0 Å². The third-order valence-electron chi connectivity index (χ3n) is 3.91. The fourth-order valence-corrected chi connectivity index (χ4v) is 2.39. The van der Waals surface area contributed by atoms with Crippen LogP contribution in [0.25, 0.3) is 0 Å². The lowest BCUT2D eigenvalue weighted by Gasteiger charge is -2.21. The largest absolute Gasteiger partial charge is 0.490 e. The average molecular weight is 339 g/mol. The SMILES string of the molecule is Cc1cc(C(C)(C)C)ccc1OC[C@@H](O)C[NH2+]CCCOC(C)C. The highest BCUT2D eigenvalue weighted by Crippen LogP contribution is 2.27. The lowest BCUT2D eigenvalue weighted by atomic mass is 9.86. The van der Waals surface area contributed by atoms with Crippen molar-refractivity contribution in [3.05, 3.63) is 29.3 Å². The smallest absolute Gasteiger partial charge is 0.137 e. The summed E-state index contributed by atoms with van der Waals surface area (Å²) in [4.78, 5) is 0. The van der Waals surface area contributed by atoms with Gasteiger partial charge in [0.2, 0.25) is 0 Å². The molecule has 3 N–H and O–H groups in total. The Kier molecular flexibility index (Phi) is 8.74. The molecule has 0 heterocycles. The van der Waals surface area contributed by atoms with Gasteiger partial charge in [0.1, 0.15) is 25.0 Å². The maximum Gasteiger partial charge on any atom is 0.137 e. The van der Waals surface area contributed by atoms with Gasteiger partial charge in [-0.05, 0) is 43.4 Å². The lowest BCUT2D eigenvalue weighted by molar-refractivity contribution is -0.661. The Bertz CT molecular complexity index is 480. The second kappa shape index (κ2) is 10.0. The monoisotopic (exact) mass is 338 g/mol. The highest BCUT2D eigenvalue weighted by Gasteiger charge is 2.15. The maximum absolute atomic E-state index is 10.0. The van der Waals surface area contributed by atoms with Crippen LogP contribution in [0.3, 0.4) is 0 Å². The molecule has 1 atom stereocenters. The van der Waals surface area contributed by atoms with Gasteiger partial charge in [0.05, 0.1) is 19.3 Å². The predicted octanol–water partition coefficient (Wildman–Crippen LogP) is 2.41. The molecule has 4 nitrogen and oxygen atoms in total. The van der Waals surface area contributed by atoms with Gasteiger partial charge in [-0.3, -0.25) is 0 Å². The number of hydrogen-bond donors (Lipinski definition) is 2. The van der Waals surface area contributed by atoms with E-state index < -0.39 is 6.10 Å². The van der Waals surface area contributed by atoms with Crippen LogP contribution in [-0.2, 0) is 10.2 Å². The molecule has 0 spiro atoms. The molecule has 1 rings (SSSR count). The summed E-state index contributed by atoms with van der Waals surface area (Å²) >= 11 is 0. The van der Waals surface area contributed by atoms with Crippen LogP contribution in [0.1, 0.15) is 52.2 Å². The molecule has 0 aliphatic heterocycles. The van der Waals surface area contributed by atoms with E-state index in [1.54, 1.807) is 0 Å². The van der Waals surface area contributed by atoms with Gasteiger partial charge in [0.25, 0.3) is 0 Å². The topological polar surface area (TPSA) is 55.3 Å². The van der Waals surface area contributed by atoms with Crippen molar-refractivity contribution in [3.63, 3.8) is 0 Å². The van der Waals surface area contributed by atoms with Gasteiger partial charge in [-0.2, -0.15) is 0 Å². The van der Waals surface area contributed by atoms with Crippen LogP contribution in [0.2, 0.25) is 0 Å². The first-order valence-electron chi connectivity index (χ1n) is 9.05. The molecule has 0 aromatic heterocycles. The van der Waals surface area contributed by atoms with Crippen molar-refractivity contribution >= 4 is 0 Å². The summed E-state index contributed by atoms with van der Waals surface area (Å²) in [7, 11) is 0. The normalized spacial score (nSPS) is 13.3. The van der Waals surface area contributed by atoms with Crippen LogP contribution in [0.5, 0.6) is 5.75 Å². The Morgan fingerprint density at radius 1 is 1.21 bits per heavy atom. The maximum atomic E-state index is 10.0. The van der Waals surface area contributed by atoms with Crippen molar-refractivity contribution in [1.29, 1.82) is 0 Å². The molecule has 0 bridgehead atoms. The van der Waals surface area contributed by atoms with Crippen LogP contribution < -0.4 is 10.1 Å². The number of quaternary nitrogens is 1. The number of hydrogen-bond acceptors (Lipinski definition) is 3. The van der Waals surface area contributed by atoms with Crippen molar-refractivity contribution in [2.45, 2.75) is 65.6 Å². The van der Waals surface area contributed by atoms with Crippen LogP contribution in [0.15, 0.2) is 18.2 Å². The number of benzene rings is 1. The van der Waals surface area contributed by atoms with E-state index in [0.717, 1.165) is 30.9 Å². The highest BCUT2D eigenvalue weighted by molar-refractivity contribution is 5.38. The van der Waals surface area contributed by atoms with Crippen LogP contribution in [0.4, 0.5) is 0 Å². The number of aliphatic hydroxyl groups excluding tert-OH is 1. The molecular formula is C20H36NO3+. The van der Waals surface area contributed by atoms with Gasteiger partial charge in [-0.15, -0.1) is 0 Å². The number of nitrogens with two attached hydrogens (primary N) is 1. The van der Waals surface area contributed by atoms with Crippen molar-refractivity contribution in [3.8, 4) is 5.75 Å². The van der Waals surface area contributed by atoms with Crippen molar-refractivity contribution in [2.75, 3.05) is 26.3 Å². The van der Waals surface area contributed by atoms with E-state index in [4.69, 9.17) is 9.47 Å². The second-order valence-electron chi connectivity index (χ2n) is 7.78. The first-order chi connectivity index (χ1) is 11.2. The molecule has 1 aromatic rings. The Hall–Kier alpha value is -1.10. The first kappa shape index (κ1) is 20.9. The number of ether oxygens (including phenoxy) is 2. The minimum absolute atomic E-state index is 0.136. The van der Waals surface area contributed by atoms with E-state index in [0.29, 0.717) is 13.2 Å². The molecule has 0 saturated heterocycles. The summed E-state index contributed by atoms with van der Waals surface area (Å²) < 4.78 is 11.3. The van der Waals surface area contributed by atoms with E-state index in [-0.39, 0.29) is 11.5 Å². The fraction of sp³-hybridized carbons (Fsp3) is 0.700. The highest BCUT2D eigenvalue weighted by atomic mass is 16.5. The molecule has 0 radical (unpaired) electrons. The number of aliphatic hydroxyl groups is 1. The molecule has 0 aliphatic rings. The van der Waals surface area contributed by atoms with Gasteiger partial charge >= 0.3 is 0 Å². The Labute approximate surface area is 147 Å². The number of rotatable bonds is 10. The van der Waals surface area contributed by atoms with E-state index in [1.165, 1.54) is 5.56 Å². The zero-order valence-electron chi connectivity index (χ0n) is 16.3. The number of aryl methyl sites for hydroxylation is 1. The van der Waals surface area contributed by atoms with E-state index in [1.807, 2.05) is 19.9 Å². The predicted molar refractivity (Wildman–Crippen MR) is 98.7 cm³/mol. The quantitative estimate of drug-likeness (QED) is 0.644. The summed E-state index contributed by atoms with van der Waals surface area (Å²) in [6.07, 6.45) is 0.827. The molecule has 0 unspecified atom stereocenters. The summed E-state index contributed by atoms with van der Waals surface area (Å²) in [6.45, 7) is 15.5. The summed E-state index contributed by atoms with van der Waals surface area (Å²) in [6, 6.07) is 6.29. The lowest BCUT2D eigenvalue weighted by Crippen LogP contribution is -2.86. The molecule has 0 saturated carbocycles. The zero-order chi connectivity index (χ0) is 18.2. The molecule has 24 heavy (non-hydrogen) atoms. The summed E-state index contributed by atoms with van der Waals surface area (Å²) in [5.41, 5.74) is 2.55. The second-order valence-corrected chi connectivity index (χ2v) is 7.78. The van der Waals surface area contributed by atoms with E-state index in [9.17, 15) is 5.11 Å². The van der Waals surface area contributed by atoms with Crippen molar-refractivity contribution in [1.82, 2.24) is 0 Å². The van der Waals surface area contributed by atoms with Gasteiger partial charge < -0.3 is 19.9 Å². The zero-order valence-corrected chi connectivity index (χ0v) is 16.3. The van der Waals surface area contributed by atoms with E-state index in [2.05, 4.69) is 45.1 Å². The minimum atomic E-state index is -0.460. The average Bonchev–Trinajstić information content (AvgIpc) is 2.48. The fourth-order valence-electron chi connectivity index (χ4n) is 2.39. The van der Waals surface area contributed by atoms with E-state index >= 15 is 0 Å². The summed E-state index contributed by atoms with van der Waals surface area (Å²) in [5, 5.41) is 12.2. The third kappa shape index (κ3) is 8.13. The first-order valence-corrected chi connectivity index (χ1v) is 9.05. The Morgan fingerprint density at radius 3 is 2.50 bits per heavy atom. The molecule has 1 aromatic carbocycles. The minimum Gasteiger partial charge on any atom is -0.490 e. The van der Waals surface area contributed by atoms with Crippen molar-refractivity contribution < 1.29 is 19.9 Å². The van der Waals surface area contributed by atoms with Crippen LogP contribution >= 0.6 is 0 Å². The molecule has 0 amide bonds. The Morgan fingerprint density at radius 2 is 1.92 bits per heavy atom. The van der Waals surface area contributed by atoms with Gasteiger partial charge in [-0.25, -0.2) is 0 Å². The van der Waals surface area contributed by atoms with Crippen molar-refractivity contribution in [2.24, 2.45) is 0 Å². The molecule has 0 fully saturated rings. The molecule has 0 aliphatic carbocycles. The summed E-state index contributed by atoms with van der Waals surface area (Å²) in [5.74, 6) is 0.854. The van der Waals surface area contributed by atoms with Crippen LogP contribution in [-0.4, -0.2) is 43.6 Å². The standard InChI is InChI=1S/C20H35NO3/c1-15(2)23-11-7-10-21-13-18(22)14-24-19-9-8-17(12-16(19)3)20(4,5)6/h8-9,12,15,18,21-22H,7,10-11,13-14H2,1-6H3/p+1/t18-/m0/s1. The van der Waals surface area contributed by atoms with Crippen LogP contribution in [0, 0.1) is 6.92 Å². The molecular weight excluding hydrogens is 302 g/mol. The van der Waals surface area contributed by atoms with Gasteiger partial charge in [0, 0.05) is 6.42 Å². The third-order valence-corrected chi connectivity index (χ3v) is 3.91. The molecule has 4 heteroatoms. The van der Waals surface area contributed by atoms with Gasteiger partial charge in [-0.1, -0.05) is 32.9 Å².